The second-order valence-electron chi connectivity index (χ2n) is 10.1. The number of carboxylic acid groups (broad SMARTS) is 2. The van der Waals surface area contributed by atoms with Crippen molar-refractivity contribution in [3.8, 4) is 0 Å². The van der Waals surface area contributed by atoms with E-state index in [-0.39, 0.29) is 45.9 Å². The number of nitrogens with zero attached hydrogens (tertiary/aromatic N) is 1. The number of carbonyl (C=O) groups is 5. The molecule has 15 nitrogen and oxygen atoms in total. The number of unbranched alkanes of at least 4 members (excludes halogenated alkanes) is 1. The van der Waals surface area contributed by atoms with E-state index in [1.165, 1.54) is 0 Å². The Labute approximate surface area is 247 Å². The van der Waals surface area contributed by atoms with Crippen molar-refractivity contribution in [2.24, 2.45) is 0 Å². The molecule has 0 aromatic rings. The van der Waals surface area contributed by atoms with Gasteiger partial charge in [0.05, 0.1) is 79.0 Å². The van der Waals surface area contributed by atoms with Crippen molar-refractivity contribution in [3.05, 3.63) is 0 Å². The Bertz CT molecular complexity index is 801. The van der Waals surface area contributed by atoms with Crippen LogP contribution in [0.5, 0.6) is 0 Å². The van der Waals surface area contributed by atoms with Crippen LogP contribution in [0.25, 0.3) is 0 Å². The molecular formula is C27H48N2O13. The van der Waals surface area contributed by atoms with Gasteiger partial charge in [-0.1, -0.05) is 13.3 Å². The highest BCUT2D eigenvalue weighted by Crippen LogP contribution is 2.07. The van der Waals surface area contributed by atoms with Gasteiger partial charge in [0, 0.05) is 13.0 Å². The van der Waals surface area contributed by atoms with E-state index in [2.05, 4.69) is 5.32 Å². The van der Waals surface area contributed by atoms with Gasteiger partial charge in [-0.2, -0.15) is 0 Å². The van der Waals surface area contributed by atoms with Crippen LogP contribution < -0.4 is 5.32 Å². The first-order valence-corrected chi connectivity index (χ1v) is 14.0. The predicted octanol–water partition coefficient (Wildman–Crippen LogP) is 0.474. The van der Waals surface area contributed by atoms with Gasteiger partial charge in [0.1, 0.15) is 11.6 Å². The number of hydrogen-bond donors (Lipinski definition) is 3. The van der Waals surface area contributed by atoms with E-state index in [0.29, 0.717) is 39.6 Å². The molecule has 0 aromatic heterocycles. The molecular weight excluding hydrogens is 560 g/mol. The summed E-state index contributed by atoms with van der Waals surface area (Å²) in [6.07, 6.45) is 0.853. The van der Waals surface area contributed by atoms with Gasteiger partial charge >= 0.3 is 23.9 Å². The summed E-state index contributed by atoms with van der Waals surface area (Å²) in [5, 5.41) is 19.7. The Morgan fingerprint density at radius 1 is 0.762 bits per heavy atom. The lowest BCUT2D eigenvalue weighted by molar-refractivity contribution is -0.157. The number of ether oxygens (including phenoxy) is 6. The monoisotopic (exact) mass is 608 g/mol. The maximum Gasteiger partial charge on any atom is 0.326 e. The summed E-state index contributed by atoms with van der Waals surface area (Å²) in [7, 11) is 0. The van der Waals surface area contributed by atoms with Gasteiger partial charge in [-0.3, -0.25) is 24.1 Å². The average molecular weight is 609 g/mol. The maximum absolute atomic E-state index is 12.2. The summed E-state index contributed by atoms with van der Waals surface area (Å²) in [5.74, 6) is -4.23. The topological polar surface area (TPSA) is 196 Å². The molecule has 3 N–H and O–H groups in total. The minimum atomic E-state index is -1.49. The summed E-state index contributed by atoms with van der Waals surface area (Å²) in [4.78, 5) is 59.2. The first-order chi connectivity index (χ1) is 19.8. The van der Waals surface area contributed by atoms with Crippen molar-refractivity contribution in [1.29, 1.82) is 0 Å². The highest BCUT2D eigenvalue weighted by Gasteiger charge is 2.23. The van der Waals surface area contributed by atoms with E-state index in [9.17, 15) is 24.0 Å². The molecule has 0 rings (SSSR count). The molecule has 15 heteroatoms. The molecule has 1 atom stereocenters. The fourth-order valence-corrected chi connectivity index (χ4v) is 3.09. The third-order valence-corrected chi connectivity index (χ3v) is 5.04. The van der Waals surface area contributed by atoms with Crippen LogP contribution in [0.3, 0.4) is 0 Å². The number of rotatable bonds is 26. The molecule has 0 heterocycles. The second kappa shape index (κ2) is 23.7. The van der Waals surface area contributed by atoms with Crippen molar-refractivity contribution < 1.29 is 62.6 Å². The van der Waals surface area contributed by atoms with Crippen LogP contribution in [0, 0.1) is 0 Å². The van der Waals surface area contributed by atoms with Gasteiger partial charge in [-0.25, -0.2) is 4.79 Å². The van der Waals surface area contributed by atoms with Crippen LogP contribution >= 0.6 is 0 Å². The fraction of sp³-hybridized carbons (Fsp3) is 0.815. The summed E-state index contributed by atoms with van der Waals surface area (Å²) in [6.45, 7) is 9.90. The smallest absolute Gasteiger partial charge is 0.326 e. The number of nitrogens with one attached hydrogen (secondary N) is 1. The molecule has 0 radical (unpaired) electrons. The lowest BCUT2D eigenvalue weighted by atomic mass is 10.2. The van der Waals surface area contributed by atoms with E-state index < -0.39 is 47.8 Å². The lowest BCUT2D eigenvalue weighted by Crippen LogP contribution is -2.42. The Hall–Kier alpha value is -2.85. The largest absolute Gasteiger partial charge is 0.481 e. The first kappa shape index (κ1) is 39.1. The molecule has 0 bridgehead atoms. The number of aliphatic carboxylic acids is 2. The van der Waals surface area contributed by atoms with Crippen LogP contribution in [-0.2, 0) is 52.4 Å². The highest BCUT2D eigenvalue weighted by atomic mass is 16.6. The summed E-state index contributed by atoms with van der Waals surface area (Å²) >= 11 is 0. The minimum Gasteiger partial charge on any atom is -0.481 e. The predicted molar refractivity (Wildman–Crippen MR) is 148 cm³/mol. The third-order valence-electron chi connectivity index (χ3n) is 5.04. The number of esters is 2. The van der Waals surface area contributed by atoms with Crippen molar-refractivity contribution in [3.63, 3.8) is 0 Å². The third kappa shape index (κ3) is 24.9. The Morgan fingerprint density at radius 2 is 1.29 bits per heavy atom. The quantitative estimate of drug-likeness (QED) is 0.0905. The first-order valence-electron chi connectivity index (χ1n) is 14.0. The standard InChI is InChI=1S/C27H48N2O13/c1-5-6-9-41-24(33)19-29(20-25(34)42-27(2,3)4)8-11-38-13-15-40-17-16-39-14-12-37-10-7-22(30)28-21(26(35)36)18-23(31)32/h21H,5-20H2,1-4H3,(H,28,30)(H,31,32)(H,35,36). The number of amides is 1. The molecule has 0 saturated carbocycles. The highest BCUT2D eigenvalue weighted by molar-refractivity contribution is 5.86. The van der Waals surface area contributed by atoms with Crippen molar-refractivity contribution in [2.75, 3.05) is 79.1 Å². The molecule has 0 spiro atoms. The summed E-state index contributed by atoms with van der Waals surface area (Å²) in [6, 6.07) is -1.49. The molecule has 1 unspecified atom stereocenters. The van der Waals surface area contributed by atoms with Crippen LogP contribution in [0.1, 0.15) is 53.4 Å². The molecule has 0 aromatic carbocycles. The Morgan fingerprint density at radius 3 is 1.79 bits per heavy atom. The minimum absolute atomic E-state index is 0.0255. The lowest BCUT2D eigenvalue weighted by Gasteiger charge is -2.24. The summed E-state index contributed by atoms with van der Waals surface area (Å²) < 4.78 is 32.1. The molecule has 0 fully saturated rings. The van der Waals surface area contributed by atoms with Gasteiger partial charge in [-0.05, 0) is 27.2 Å². The van der Waals surface area contributed by atoms with Crippen LogP contribution in [0.2, 0.25) is 0 Å². The Kier molecular flexibility index (Phi) is 22.1. The van der Waals surface area contributed by atoms with E-state index in [4.69, 9.17) is 38.6 Å². The van der Waals surface area contributed by atoms with E-state index >= 15 is 0 Å². The molecule has 0 saturated heterocycles. The van der Waals surface area contributed by atoms with Gasteiger partial charge in [0.2, 0.25) is 5.91 Å². The number of carbonyl (C=O) groups excluding carboxylic acids is 3. The van der Waals surface area contributed by atoms with Gasteiger partial charge in [-0.15, -0.1) is 0 Å². The van der Waals surface area contributed by atoms with Crippen molar-refractivity contribution >= 4 is 29.8 Å². The van der Waals surface area contributed by atoms with Crippen molar-refractivity contribution in [2.45, 2.75) is 65.0 Å². The van der Waals surface area contributed by atoms with Crippen LogP contribution in [-0.4, -0.2) is 136 Å². The van der Waals surface area contributed by atoms with Gasteiger partial charge < -0.3 is 44.0 Å². The van der Waals surface area contributed by atoms with E-state index in [1.54, 1.807) is 25.7 Å². The zero-order valence-electron chi connectivity index (χ0n) is 25.2. The average Bonchev–Trinajstić information content (AvgIpc) is 2.87. The van der Waals surface area contributed by atoms with Crippen LogP contribution in [0.15, 0.2) is 0 Å². The molecule has 0 aliphatic carbocycles. The molecule has 244 valence electrons. The molecule has 0 aliphatic rings. The maximum atomic E-state index is 12.2. The van der Waals surface area contributed by atoms with E-state index in [1.807, 2.05) is 6.92 Å². The summed E-state index contributed by atoms with van der Waals surface area (Å²) in [5.41, 5.74) is -0.631. The van der Waals surface area contributed by atoms with E-state index in [0.717, 1.165) is 12.8 Å². The van der Waals surface area contributed by atoms with Crippen molar-refractivity contribution in [1.82, 2.24) is 10.2 Å². The van der Waals surface area contributed by atoms with Crippen LogP contribution in [0.4, 0.5) is 0 Å². The number of carboxylic acids is 2. The second-order valence-corrected chi connectivity index (χ2v) is 10.1. The SMILES string of the molecule is CCCCOC(=O)CN(CCOCCOCCOCCOCCC(=O)NC(CC(=O)O)C(=O)O)CC(=O)OC(C)(C)C. The number of hydrogen-bond acceptors (Lipinski definition) is 12. The normalized spacial score (nSPS) is 12.1. The molecule has 1 amide bonds. The zero-order chi connectivity index (χ0) is 31.8. The van der Waals surface area contributed by atoms with Gasteiger partial charge in [0.15, 0.2) is 0 Å². The molecule has 42 heavy (non-hydrogen) atoms. The zero-order valence-corrected chi connectivity index (χ0v) is 25.2. The fourth-order valence-electron chi connectivity index (χ4n) is 3.09. The van der Waals surface area contributed by atoms with Gasteiger partial charge in [0.25, 0.3) is 0 Å². The molecule has 0 aliphatic heterocycles. The Balaban J connectivity index is 3.95.